The molecule has 1 aromatic carbocycles. The Morgan fingerprint density at radius 2 is 1.94 bits per heavy atom. The van der Waals surface area contributed by atoms with Gasteiger partial charge in [-0.05, 0) is 55.2 Å². The van der Waals surface area contributed by atoms with Gasteiger partial charge in [0, 0.05) is 5.92 Å². The second-order valence-corrected chi connectivity index (χ2v) is 5.88. The highest BCUT2D eigenvalue weighted by Crippen LogP contribution is 2.49. The Morgan fingerprint density at radius 1 is 1.17 bits per heavy atom. The summed E-state index contributed by atoms with van der Waals surface area (Å²) in [6, 6.07) is 10.1. The molecule has 0 unspecified atom stereocenters. The summed E-state index contributed by atoms with van der Waals surface area (Å²) in [4.78, 5) is 12.5. The predicted molar refractivity (Wildman–Crippen MR) is 74.0 cm³/mol. The molecule has 0 amide bonds. The van der Waals surface area contributed by atoms with Crippen LogP contribution in [0.2, 0.25) is 0 Å². The number of allylic oxidation sites excluding steroid dienone is 1. The predicted octanol–water partition coefficient (Wildman–Crippen LogP) is 4.10. The zero-order valence-electron chi connectivity index (χ0n) is 10.9. The number of carbonyl (C=O) groups is 1. The largest absolute Gasteiger partial charge is 0.294 e. The Hall–Kier alpha value is -1.37. The Labute approximate surface area is 109 Å². The minimum absolute atomic E-state index is 0.323. The van der Waals surface area contributed by atoms with E-state index in [9.17, 15) is 4.79 Å². The Bertz CT molecular complexity index is 472. The first-order valence-corrected chi connectivity index (χ1v) is 7.01. The molecule has 1 aromatic rings. The fourth-order valence-corrected chi connectivity index (χ4v) is 3.73. The lowest BCUT2D eigenvalue weighted by atomic mass is 9.83. The van der Waals surface area contributed by atoms with Gasteiger partial charge >= 0.3 is 0 Å². The smallest absolute Gasteiger partial charge is 0.161 e. The van der Waals surface area contributed by atoms with Crippen LogP contribution in [0.5, 0.6) is 0 Å². The van der Waals surface area contributed by atoms with Crippen LogP contribution in [0.3, 0.4) is 0 Å². The third-order valence-electron chi connectivity index (χ3n) is 4.65. The van der Waals surface area contributed by atoms with E-state index in [1.165, 1.54) is 19.3 Å². The highest BCUT2D eigenvalue weighted by Gasteiger charge is 2.42. The molecular weight excluding hydrogens is 220 g/mol. The van der Waals surface area contributed by atoms with Gasteiger partial charge in [-0.1, -0.05) is 36.8 Å². The van der Waals surface area contributed by atoms with Crippen LogP contribution < -0.4 is 0 Å². The molecule has 0 saturated heterocycles. The number of rotatable bonds is 3. The summed E-state index contributed by atoms with van der Waals surface area (Å²) in [5.74, 6) is 2.24. The average Bonchev–Trinajstić information content (AvgIpc) is 3.01. The zero-order chi connectivity index (χ0) is 12.5. The first-order chi connectivity index (χ1) is 8.74. The van der Waals surface area contributed by atoms with Crippen LogP contribution in [0.25, 0.3) is 6.08 Å². The maximum absolute atomic E-state index is 12.5. The Morgan fingerprint density at radius 3 is 2.56 bits per heavy atom. The van der Waals surface area contributed by atoms with Gasteiger partial charge in [-0.15, -0.1) is 0 Å². The number of ketones is 1. The van der Waals surface area contributed by atoms with Crippen LogP contribution in [-0.4, -0.2) is 5.78 Å². The van der Waals surface area contributed by atoms with E-state index >= 15 is 0 Å². The Balaban J connectivity index is 1.75. The second kappa shape index (κ2) is 4.72. The maximum Gasteiger partial charge on any atom is 0.161 e. The van der Waals surface area contributed by atoms with Crippen LogP contribution in [0.15, 0.2) is 35.9 Å². The molecule has 0 aliphatic heterocycles. The molecule has 2 aliphatic carbocycles. The van der Waals surface area contributed by atoms with E-state index in [-0.39, 0.29) is 0 Å². The molecule has 0 radical (unpaired) electrons. The highest BCUT2D eigenvalue weighted by molar-refractivity contribution is 6.00. The van der Waals surface area contributed by atoms with Crippen molar-refractivity contribution in [1.82, 2.24) is 0 Å². The van der Waals surface area contributed by atoms with Gasteiger partial charge in [0.1, 0.15) is 0 Å². The second-order valence-electron chi connectivity index (χ2n) is 5.88. The number of carbonyl (C=O) groups excluding carboxylic acids is 1. The van der Waals surface area contributed by atoms with Gasteiger partial charge in [-0.3, -0.25) is 4.79 Å². The lowest BCUT2D eigenvalue weighted by molar-refractivity contribution is -0.120. The van der Waals surface area contributed by atoms with E-state index in [4.69, 9.17) is 0 Å². The monoisotopic (exact) mass is 240 g/mol. The van der Waals surface area contributed by atoms with Gasteiger partial charge in [-0.2, -0.15) is 0 Å². The first-order valence-electron chi connectivity index (χ1n) is 7.01. The third kappa shape index (κ3) is 2.14. The molecule has 0 heterocycles. The van der Waals surface area contributed by atoms with Gasteiger partial charge in [0.2, 0.25) is 0 Å². The van der Waals surface area contributed by atoms with Crippen molar-refractivity contribution in [1.29, 1.82) is 0 Å². The standard InChI is InChI=1S/C17H20O/c1-12(9-13-5-3-2-4-6-13)17(18)16-11-14-7-8-15(16)10-14/h2-6,9,14-16H,7-8,10-11H2,1H3/b12-9+/t14-,15+,16+/m0/s1. The van der Waals surface area contributed by atoms with E-state index in [2.05, 4.69) is 12.1 Å². The molecule has 94 valence electrons. The number of hydrogen-bond acceptors (Lipinski definition) is 1. The van der Waals surface area contributed by atoms with E-state index in [1.54, 1.807) is 0 Å². The molecule has 2 fully saturated rings. The lowest BCUT2D eigenvalue weighted by Crippen LogP contribution is -2.21. The summed E-state index contributed by atoms with van der Waals surface area (Å²) in [6.07, 6.45) is 7.11. The average molecular weight is 240 g/mol. The molecule has 0 N–H and O–H groups in total. The fraction of sp³-hybridized carbons (Fsp3) is 0.471. The van der Waals surface area contributed by atoms with Crippen molar-refractivity contribution < 1.29 is 4.79 Å². The molecule has 1 nitrogen and oxygen atoms in total. The molecule has 18 heavy (non-hydrogen) atoms. The van der Waals surface area contributed by atoms with Crippen molar-refractivity contribution in [3.63, 3.8) is 0 Å². The molecule has 2 aliphatic rings. The van der Waals surface area contributed by atoms with Crippen LogP contribution in [0, 0.1) is 17.8 Å². The lowest BCUT2D eigenvalue weighted by Gasteiger charge is -2.20. The van der Waals surface area contributed by atoms with Gasteiger partial charge in [0.05, 0.1) is 0 Å². The number of hydrogen-bond donors (Lipinski definition) is 0. The van der Waals surface area contributed by atoms with Crippen molar-refractivity contribution in [2.45, 2.75) is 32.6 Å². The number of benzene rings is 1. The third-order valence-corrected chi connectivity index (χ3v) is 4.65. The maximum atomic E-state index is 12.5. The summed E-state index contributed by atoms with van der Waals surface area (Å²) in [5, 5.41) is 0. The normalized spacial score (nSPS) is 30.7. The molecule has 2 bridgehead atoms. The summed E-state index contributed by atoms with van der Waals surface area (Å²) in [6.45, 7) is 1.97. The number of fused-ring (bicyclic) bond motifs is 2. The summed E-state index contributed by atoms with van der Waals surface area (Å²) in [7, 11) is 0. The van der Waals surface area contributed by atoms with Gasteiger partial charge in [0.25, 0.3) is 0 Å². The molecule has 2 saturated carbocycles. The summed E-state index contributed by atoms with van der Waals surface area (Å²) < 4.78 is 0. The molecular formula is C17H20O. The molecule has 0 spiro atoms. The van der Waals surface area contributed by atoms with Gasteiger partial charge in [0.15, 0.2) is 5.78 Å². The summed E-state index contributed by atoms with van der Waals surface area (Å²) in [5.41, 5.74) is 2.06. The Kier molecular flexibility index (Phi) is 3.07. The van der Waals surface area contributed by atoms with Crippen molar-refractivity contribution in [3.05, 3.63) is 41.5 Å². The topological polar surface area (TPSA) is 17.1 Å². The van der Waals surface area contributed by atoms with E-state index < -0.39 is 0 Å². The number of Topliss-reactive ketones (excluding diaryl/α,β-unsaturated/α-hetero) is 1. The van der Waals surface area contributed by atoms with Crippen molar-refractivity contribution >= 4 is 11.9 Å². The van der Waals surface area contributed by atoms with Gasteiger partial charge in [-0.25, -0.2) is 0 Å². The quantitative estimate of drug-likeness (QED) is 0.727. The van der Waals surface area contributed by atoms with Crippen molar-refractivity contribution in [2.75, 3.05) is 0 Å². The molecule has 0 aromatic heterocycles. The highest BCUT2D eigenvalue weighted by atomic mass is 16.1. The van der Waals surface area contributed by atoms with Crippen LogP contribution in [0.4, 0.5) is 0 Å². The molecule has 3 atom stereocenters. The fourth-order valence-electron chi connectivity index (χ4n) is 3.73. The molecule has 3 rings (SSSR count). The van der Waals surface area contributed by atoms with Crippen molar-refractivity contribution in [3.8, 4) is 0 Å². The minimum atomic E-state index is 0.323. The van der Waals surface area contributed by atoms with Crippen LogP contribution in [0.1, 0.15) is 38.2 Å². The zero-order valence-corrected chi connectivity index (χ0v) is 10.9. The van der Waals surface area contributed by atoms with E-state index in [0.717, 1.165) is 23.5 Å². The van der Waals surface area contributed by atoms with Gasteiger partial charge < -0.3 is 0 Å². The van der Waals surface area contributed by atoms with E-state index in [1.807, 2.05) is 31.2 Å². The van der Waals surface area contributed by atoms with E-state index in [0.29, 0.717) is 17.6 Å². The van der Waals surface area contributed by atoms with Crippen LogP contribution >= 0.6 is 0 Å². The van der Waals surface area contributed by atoms with Crippen molar-refractivity contribution in [2.24, 2.45) is 17.8 Å². The molecule has 1 heteroatoms. The SMILES string of the molecule is C/C(=C\c1ccccc1)C(=O)[C@@H]1C[C@H]2CC[C@@H]1C2. The first kappa shape index (κ1) is 11.7. The summed E-state index contributed by atoms with van der Waals surface area (Å²) >= 11 is 0. The minimum Gasteiger partial charge on any atom is -0.294 e. The van der Waals surface area contributed by atoms with Crippen LogP contribution in [-0.2, 0) is 4.79 Å².